The van der Waals surface area contributed by atoms with Gasteiger partial charge in [0.1, 0.15) is 11.6 Å². The fourth-order valence-corrected chi connectivity index (χ4v) is 0.332. The maximum atomic E-state index is 10.2. The Morgan fingerprint density at radius 2 is 0.941 bits per heavy atom. The first-order chi connectivity index (χ1) is 7.11. The Balaban J connectivity index is -0.000000218. The summed E-state index contributed by atoms with van der Waals surface area (Å²) in [4.78, 5) is 39.9. The van der Waals surface area contributed by atoms with Crippen LogP contribution in [0.2, 0.25) is 0 Å². The fourth-order valence-electron chi connectivity index (χ4n) is 0.332. The number of carboxylic acid groups (broad SMARTS) is 2. The van der Waals surface area contributed by atoms with E-state index in [1.165, 1.54) is 27.7 Å². The zero-order chi connectivity index (χ0) is 13.5. The Hall–Kier alpha value is -1.06. The van der Waals surface area contributed by atoms with Gasteiger partial charge in [-0.15, -0.1) is 0 Å². The number of carboxylic acids is 2. The summed E-state index contributed by atoms with van der Waals surface area (Å²) in [6.45, 7) is 5.05. The van der Waals surface area contributed by atoms with E-state index in [4.69, 9.17) is 0 Å². The molecule has 0 radical (unpaired) electrons. The van der Waals surface area contributed by atoms with Crippen LogP contribution < -0.4 is 10.2 Å². The van der Waals surface area contributed by atoms with Crippen molar-refractivity contribution in [3.05, 3.63) is 0 Å². The number of rotatable bonds is 4. The summed E-state index contributed by atoms with van der Waals surface area (Å²) < 4.78 is 0. The summed E-state index contributed by atoms with van der Waals surface area (Å²) in [6, 6.07) is 0. The Labute approximate surface area is 113 Å². The van der Waals surface area contributed by atoms with Crippen LogP contribution in [0, 0.1) is 11.8 Å². The van der Waals surface area contributed by atoms with Gasteiger partial charge < -0.3 is 19.8 Å². The molecule has 2 unspecified atom stereocenters. The number of Topliss-reactive ketones (excluding diaryl/α,β-unsaturated/α-hetero) is 2. The van der Waals surface area contributed by atoms with Gasteiger partial charge in [-0.1, -0.05) is 13.8 Å². The van der Waals surface area contributed by atoms with Crippen molar-refractivity contribution in [1.29, 1.82) is 0 Å². The number of aliphatic carboxylic acids is 2. The molecule has 0 spiro atoms. The summed E-state index contributed by atoms with van der Waals surface area (Å²) in [5.41, 5.74) is 0. The molecule has 0 N–H and O–H groups in total. The first-order valence-corrected chi connectivity index (χ1v) is 4.53. The monoisotopic (exact) mass is 336 g/mol. The van der Waals surface area contributed by atoms with E-state index in [1.807, 2.05) is 0 Å². The Morgan fingerprint density at radius 1 is 0.765 bits per heavy atom. The van der Waals surface area contributed by atoms with E-state index in [2.05, 4.69) is 0 Å². The molecule has 0 saturated carbocycles. The van der Waals surface area contributed by atoms with Gasteiger partial charge in [0.15, 0.2) is 0 Å². The number of carbonyl (C=O) groups is 4. The molecule has 0 fully saturated rings. The van der Waals surface area contributed by atoms with Crippen molar-refractivity contribution in [3.63, 3.8) is 0 Å². The van der Waals surface area contributed by atoms with Crippen molar-refractivity contribution in [2.75, 3.05) is 0 Å². The van der Waals surface area contributed by atoms with Gasteiger partial charge in [0.05, 0.1) is 23.8 Å². The molecule has 2 atom stereocenters. The van der Waals surface area contributed by atoms with Crippen molar-refractivity contribution in [2.45, 2.75) is 27.7 Å². The molecule has 0 bridgehead atoms. The van der Waals surface area contributed by atoms with Crippen LogP contribution in [0.5, 0.6) is 0 Å². The zero-order valence-corrected chi connectivity index (χ0v) is 11.5. The maximum Gasteiger partial charge on any atom is 2.00 e. The van der Waals surface area contributed by atoms with Crippen LogP contribution in [-0.4, -0.2) is 23.5 Å². The van der Waals surface area contributed by atoms with Gasteiger partial charge in [0, 0.05) is 0 Å². The van der Waals surface area contributed by atoms with E-state index < -0.39 is 23.8 Å². The summed E-state index contributed by atoms with van der Waals surface area (Å²) in [5, 5.41) is 19.6. The van der Waals surface area contributed by atoms with Crippen LogP contribution in [-0.2, 0) is 39.6 Å². The predicted molar refractivity (Wildman–Crippen MR) is 49.7 cm³/mol. The molecule has 0 aromatic rings. The molecule has 0 heterocycles. The third-order valence-corrected chi connectivity index (χ3v) is 1.93. The molecule has 0 aliphatic rings. The first kappa shape index (κ1) is 21.3. The van der Waals surface area contributed by atoms with Gasteiger partial charge in [-0.3, -0.25) is 9.59 Å². The van der Waals surface area contributed by atoms with Crippen LogP contribution in [0.1, 0.15) is 27.7 Å². The van der Waals surface area contributed by atoms with E-state index in [-0.39, 0.29) is 32.0 Å². The second-order valence-electron chi connectivity index (χ2n) is 3.30. The van der Waals surface area contributed by atoms with Gasteiger partial charge in [-0.05, 0) is 13.8 Å². The van der Waals surface area contributed by atoms with Crippen molar-refractivity contribution in [1.82, 2.24) is 0 Å². The van der Waals surface area contributed by atoms with Crippen LogP contribution in [0.15, 0.2) is 0 Å². The summed E-state index contributed by atoms with van der Waals surface area (Å²) in [5.74, 6) is -5.28. The molecule has 7 heteroatoms. The minimum Gasteiger partial charge on any atom is -0.549 e. The van der Waals surface area contributed by atoms with Crippen LogP contribution in [0.3, 0.4) is 0 Å². The van der Waals surface area contributed by atoms with Crippen molar-refractivity contribution < 1.29 is 49.8 Å². The van der Waals surface area contributed by atoms with Gasteiger partial charge in [-0.2, -0.15) is 0 Å². The quantitative estimate of drug-likeness (QED) is 0.430. The van der Waals surface area contributed by atoms with Gasteiger partial charge in [-0.25, -0.2) is 0 Å². The number of hydrogen-bond donors (Lipinski definition) is 0. The van der Waals surface area contributed by atoms with Crippen molar-refractivity contribution in [2.24, 2.45) is 11.8 Å². The van der Waals surface area contributed by atoms with E-state index in [0.29, 0.717) is 0 Å². The molecule has 0 aliphatic carbocycles. The Kier molecular flexibility index (Phi) is 12.6. The molecule has 6 nitrogen and oxygen atoms in total. The summed E-state index contributed by atoms with van der Waals surface area (Å²) in [7, 11) is 0. The largest absolute Gasteiger partial charge is 2.00 e. The molecular formula is C10H14O6Pd. The Bertz CT molecular complexity index is 241. The third kappa shape index (κ3) is 11.2. The second kappa shape index (κ2) is 10.1. The third-order valence-electron chi connectivity index (χ3n) is 1.93. The van der Waals surface area contributed by atoms with Crippen LogP contribution in [0.25, 0.3) is 0 Å². The average Bonchev–Trinajstić information content (AvgIpc) is 2.15. The molecule has 0 amide bonds. The van der Waals surface area contributed by atoms with Crippen molar-refractivity contribution in [3.8, 4) is 0 Å². The molecular weight excluding hydrogens is 323 g/mol. The topological polar surface area (TPSA) is 114 Å². The molecule has 0 aromatic heterocycles. The normalized spacial score (nSPS) is 12.0. The summed E-state index contributed by atoms with van der Waals surface area (Å²) in [6.07, 6.45) is 0. The van der Waals surface area contributed by atoms with Crippen LogP contribution >= 0.6 is 0 Å². The molecule has 100 valence electrons. The van der Waals surface area contributed by atoms with Gasteiger partial charge in [0.2, 0.25) is 0 Å². The van der Waals surface area contributed by atoms with Gasteiger partial charge >= 0.3 is 20.4 Å². The predicted octanol–water partition coefficient (Wildman–Crippen LogP) is -2.08. The van der Waals surface area contributed by atoms with E-state index in [0.717, 1.165) is 0 Å². The molecule has 17 heavy (non-hydrogen) atoms. The SMILES string of the molecule is CC(=O)C(C)C(=O)[O-].CC(=O)C(C)C(=O)[O-].[Pd+2]. The maximum absolute atomic E-state index is 10.2. The smallest absolute Gasteiger partial charge is 0.549 e. The van der Waals surface area contributed by atoms with Crippen molar-refractivity contribution >= 4 is 23.5 Å². The second-order valence-corrected chi connectivity index (χ2v) is 3.30. The molecule has 0 aromatic carbocycles. The van der Waals surface area contributed by atoms with E-state index in [9.17, 15) is 29.4 Å². The average molecular weight is 337 g/mol. The minimum absolute atomic E-state index is 0. The minimum atomic E-state index is -1.31. The summed E-state index contributed by atoms with van der Waals surface area (Å²) >= 11 is 0. The Morgan fingerprint density at radius 3 is 0.941 bits per heavy atom. The number of ketones is 2. The van der Waals surface area contributed by atoms with Crippen LogP contribution in [0.4, 0.5) is 0 Å². The van der Waals surface area contributed by atoms with Gasteiger partial charge in [0.25, 0.3) is 0 Å². The zero-order valence-electron chi connectivity index (χ0n) is 9.92. The number of hydrogen-bond acceptors (Lipinski definition) is 6. The molecule has 0 rings (SSSR count). The van der Waals surface area contributed by atoms with E-state index >= 15 is 0 Å². The molecule has 0 saturated heterocycles. The number of carbonyl (C=O) groups excluding carboxylic acids is 4. The first-order valence-electron chi connectivity index (χ1n) is 4.53. The molecule has 0 aliphatic heterocycles. The van der Waals surface area contributed by atoms with E-state index in [1.54, 1.807) is 0 Å². The fraction of sp³-hybridized carbons (Fsp3) is 0.600. The standard InChI is InChI=1S/2C5H8O3.Pd/c2*1-3(4(2)6)5(7)8;/h2*3H,1-2H3,(H,7,8);/q;;+2/p-2.